The van der Waals surface area contributed by atoms with Gasteiger partial charge in [-0.2, -0.15) is 17.6 Å². The lowest BCUT2D eigenvalue weighted by Crippen LogP contribution is -2.34. The van der Waals surface area contributed by atoms with E-state index in [1.165, 1.54) is 0 Å². The van der Waals surface area contributed by atoms with Gasteiger partial charge in [0.05, 0.1) is 6.42 Å². The molecule has 0 saturated heterocycles. The Morgan fingerprint density at radius 1 is 1.30 bits per heavy atom. The molecule has 1 aliphatic carbocycles. The van der Waals surface area contributed by atoms with E-state index in [9.17, 15) is 17.6 Å². The van der Waals surface area contributed by atoms with Crippen LogP contribution >= 0.6 is 11.6 Å². The van der Waals surface area contributed by atoms with Crippen LogP contribution in [0.2, 0.25) is 0 Å². The van der Waals surface area contributed by atoms with E-state index in [0.29, 0.717) is 0 Å². The minimum atomic E-state index is -4.07. The molecule has 0 aromatic heterocycles. The minimum Gasteiger partial charge on any atom is -0.199 e. The van der Waals surface area contributed by atoms with Crippen molar-refractivity contribution in [2.45, 2.75) is 18.3 Å². The van der Waals surface area contributed by atoms with E-state index in [4.69, 9.17) is 11.6 Å². The molecule has 0 nitrogen and oxygen atoms in total. The van der Waals surface area contributed by atoms with Gasteiger partial charge in [0.2, 0.25) is 0 Å². The molecule has 0 spiro atoms. The van der Waals surface area contributed by atoms with Gasteiger partial charge >= 0.3 is 11.8 Å². The highest BCUT2D eigenvalue weighted by Crippen LogP contribution is 2.47. The zero-order chi connectivity index (χ0) is 7.99. The third-order valence-electron chi connectivity index (χ3n) is 1.22. The van der Waals surface area contributed by atoms with Crippen molar-refractivity contribution in [2.24, 2.45) is 0 Å². The van der Waals surface area contributed by atoms with E-state index in [1.807, 2.05) is 0 Å². The fourth-order valence-corrected chi connectivity index (χ4v) is 0.988. The molecule has 0 aliphatic heterocycles. The predicted octanol–water partition coefficient (Wildman–Crippen LogP) is 2.78. The quantitative estimate of drug-likeness (QED) is 0.496. The lowest BCUT2D eigenvalue weighted by molar-refractivity contribution is -0.167. The maximum atomic E-state index is 12.1. The third kappa shape index (κ3) is 1.00. The van der Waals surface area contributed by atoms with Gasteiger partial charge in [-0.1, -0.05) is 11.6 Å². The molecular weight excluding hydrogens is 171 g/mol. The molecular formula is C5H3ClF4. The van der Waals surface area contributed by atoms with E-state index < -0.39 is 23.3 Å². The number of alkyl halides is 4. The number of hydrogen-bond acceptors (Lipinski definition) is 0. The summed E-state index contributed by atoms with van der Waals surface area (Å²) < 4.78 is 48.3. The first kappa shape index (κ1) is 7.85. The summed E-state index contributed by atoms with van der Waals surface area (Å²) in [6.45, 7) is 0. The Labute approximate surface area is 59.5 Å². The molecule has 0 bridgehead atoms. The van der Waals surface area contributed by atoms with Crippen molar-refractivity contribution in [2.75, 3.05) is 0 Å². The standard InChI is InChI=1S/C5H3ClF4/c6-3-1-4(7,8)5(9,10)2-3/h1H,2H2. The molecule has 1 aliphatic rings. The predicted molar refractivity (Wildman–Crippen MR) is 28.4 cm³/mol. The lowest BCUT2D eigenvalue weighted by atomic mass is 10.2. The summed E-state index contributed by atoms with van der Waals surface area (Å²) in [5.41, 5.74) is 0. The Morgan fingerprint density at radius 2 is 1.80 bits per heavy atom. The van der Waals surface area contributed by atoms with Gasteiger partial charge in [-0.3, -0.25) is 0 Å². The normalized spacial score (nSPS) is 28.3. The molecule has 58 valence electrons. The summed E-state index contributed by atoms with van der Waals surface area (Å²) in [4.78, 5) is 0. The van der Waals surface area contributed by atoms with E-state index >= 15 is 0 Å². The first-order valence-electron chi connectivity index (χ1n) is 2.48. The maximum absolute atomic E-state index is 12.1. The fraction of sp³-hybridized carbons (Fsp3) is 0.600. The second-order valence-electron chi connectivity index (χ2n) is 2.10. The average Bonchev–Trinajstić information content (AvgIpc) is 1.73. The Morgan fingerprint density at radius 3 is 1.90 bits per heavy atom. The van der Waals surface area contributed by atoms with Crippen LogP contribution in [-0.2, 0) is 0 Å². The molecule has 0 aromatic carbocycles. The van der Waals surface area contributed by atoms with Gasteiger partial charge in [0.15, 0.2) is 0 Å². The van der Waals surface area contributed by atoms with Crippen molar-refractivity contribution in [3.8, 4) is 0 Å². The second-order valence-corrected chi connectivity index (χ2v) is 2.58. The molecule has 5 heteroatoms. The zero-order valence-corrected chi connectivity index (χ0v) is 5.43. The first-order chi connectivity index (χ1) is 4.35. The summed E-state index contributed by atoms with van der Waals surface area (Å²) in [7, 11) is 0. The summed E-state index contributed by atoms with van der Waals surface area (Å²) >= 11 is 4.98. The van der Waals surface area contributed by atoms with Crippen LogP contribution in [0.25, 0.3) is 0 Å². The van der Waals surface area contributed by atoms with Crippen LogP contribution in [0, 0.1) is 0 Å². The van der Waals surface area contributed by atoms with Crippen molar-refractivity contribution in [3.63, 3.8) is 0 Å². The lowest BCUT2D eigenvalue weighted by Gasteiger charge is -2.16. The van der Waals surface area contributed by atoms with E-state index in [1.54, 1.807) is 0 Å². The van der Waals surface area contributed by atoms with Gasteiger partial charge in [-0.15, -0.1) is 0 Å². The smallest absolute Gasteiger partial charge is 0.199 e. The molecule has 0 saturated carbocycles. The van der Waals surface area contributed by atoms with Crippen LogP contribution in [0.1, 0.15) is 6.42 Å². The van der Waals surface area contributed by atoms with Crippen LogP contribution in [0.3, 0.4) is 0 Å². The molecule has 0 heterocycles. The molecule has 1 rings (SSSR count). The Bertz CT molecular complexity index is 184. The molecule has 0 atom stereocenters. The SMILES string of the molecule is FC1(F)C=C(Cl)CC1(F)F. The maximum Gasteiger partial charge on any atom is 0.330 e. The third-order valence-corrected chi connectivity index (χ3v) is 1.46. The van der Waals surface area contributed by atoms with Gasteiger partial charge in [0, 0.05) is 11.1 Å². The van der Waals surface area contributed by atoms with Crippen molar-refractivity contribution < 1.29 is 17.6 Å². The summed E-state index contributed by atoms with van der Waals surface area (Å²) in [5.74, 6) is -8.06. The molecule has 0 aromatic rings. The van der Waals surface area contributed by atoms with E-state index in [-0.39, 0.29) is 6.08 Å². The van der Waals surface area contributed by atoms with Crippen LogP contribution in [0.15, 0.2) is 11.1 Å². The molecule has 0 fully saturated rings. The van der Waals surface area contributed by atoms with E-state index in [2.05, 4.69) is 0 Å². The van der Waals surface area contributed by atoms with Gasteiger partial charge < -0.3 is 0 Å². The number of allylic oxidation sites excluding steroid dienone is 2. The number of halogens is 5. The minimum absolute atomic E-state index is 0.0918. The topological polar surface area (TPSA) is 0 Å². The van der Waals surface area contributed by atoms with Gasteiger partial charge in [-0.05, 0) is 0 Å². The van der Waals surface area contributed by atoms with Crippen LogP contribution in [0.4, 0.5) is 17.6 Å². The van der Waals surface area contributed by atoms with Crippen LogP contribution in [0.5, 0.6) is 0 Å². The summed E-state index contributed by atoms with van der Waals surface area (Å²) in [6, 6.07) is 0. The molecule has 0 radical (unpaired) electrons. The Kier molecular flexibility index (Phi) is 1.47. The fourth-order valence-electron chi connectivity index (χ4n) is 0.683. The largest absolute Gasteiger partial charge is 0.330 e. The molecule has 0 unspecified atom stereocenters. The van der Waals surface area contributed by atoms with Crippen LogP contribution < -0.4 is 0 Å². The molecule has 0 N–H and O–H groups in total. The van der Waals surface area contributed by atoms with Gasteiger partial charge in [0.1, 0.15) is 0 Å². The van der Waals surface area contributed by atoms with Crippen molar-refractivity contribution in [1.29, 1.82) is 0 Å². The Balaban J connectivity index is 2.92. The second kappa shape index (κ2) is 1.87. The van der Waals surface area contributed by atoms with Gasteiger partial charge in [0.25, 0.3) is 0 Å². The highest BCUT2D eigenvalue weighted by atomic mass is 35.5. The van der Waals surface area contributed by atoms with Crippen molar-refractivity contribution >= 4 is 11.6 Å². The van der Waals surface area contributed by atoms with Crippen molar-refractivity contribution in [1.82, 2.24) is 0 Å². The van der Waals surface area contributed by atoms with Crippen LogP contribution in [-0.4, -0.2) is 11.8 Å². The number of hydrogen-bond donors (Lipinski definition) is 0. The summed E-state index contributed by atoms with van der Waals surface area (Å²) in [6.07, 6.45) is -0.962. The highest BCUT2D eigenvalue weighted by Gasteiger charge is 2.58. The monoisotopic (exact) mass is 174 g/mol. The van der Waals surface area contributed by atoms with Crippen molar-refractivity contribution in [3.05, 3.63) is 11.1 Å². The van der Waals surface area contributed by atoms with E-state index in [0.717, 1.165) is 0 Å². The highest BCUT2D eigenvalue weighted by molar-refractivity contribution is 6.30. The summed E-state index contributed by atoms with van der Waals surface area (Å²) in [5, 5.41) is -0.477. The van der Waals surface area contributed by atoms with Gasteiger partial charge in [-0.25, -0.2) is 0 Å². The first-order valence-corrected chi connectivity index (χ1v) is 2.86. The zero-order valence-electron chi connectivity index (χ0n) is 4.67. The Hall–Kier alpha value is -0.250. The molecule has 10 heavy (non-hydrogen) atoms. The number of rotatable bonds is 0. The molecule has 0 amide bonds. The average molecular weight is 175 g/mol.